The van der Waals surface area contributed by atoms with Crippen molar-refractivity contribution in [3.8, 4) is 0 Å². The van der Waals surface area contributed by atoms with Crippen molar-refractivity contribution in [2.45, 2.75) is 6.10 Å². The van der Waals surface area contributed by atoms with Crippen LogP contribution in [0, 0.1) is 0 Å². The minimum atomic E-state index is -0.492. The van der Waals surface area contributed by atoms with E-state index in [0.717, 1.165) is 5.56 Å². The van der Waals surface area contributed by atoms with Crippen LogP contribution in [0.25, 0.3) is 0 Å². The van der Waals surface area contributed by atoms with Crippen LogP contribution in [0.5, 0.6) is 0 Å². The Morgan fingerprint density at radius 2 is 2.54 bits per heavy atom. The highest BCUT2D eigenvalue weighted by atomic mass is 16.3. The monoisotopic (exact) mass is 178 g/mol. The summed E-state index contributed by atoms with van der Waals surface area (Å²) in [6, 6.07) is 3.67. The van der Waals surface area contributed by atoms with E-state index in [0.29, 0.717) is 13.1 Å². The highest BCUT2D eigenvalue weighted by Crippen LogP contribution is 2.08. The lowest BCUT2D eigenvalue weighted by atomic mass is 10.1. The van der Waals surface area contributed by atoms with Crippen molar-refractivity contribution in [1.82, 2.24) is 10.3 Å². The first kappa shape index (κ1) is 9.89. The Morgan fingerprint density at radius 1 is 1.69 bits per heavy atom. The van der Waals surface area contributed by atoms with Gasteiger partial charge >= 0.3 is 0 Å². The Hall–Kier alpha value is -1.19. The lowest BCUT2D eigenvalue weighted by molar-refractivity contribution is 0.176. The second-order valence-corrected chi connectivity index (χ2v) is 2.75. The molecule has 13 heavy (non-hydrogen) atoms. The van der Waals surface area contributed by atoms with Gasteiger partial charge in [-0.3, -0.25) is 4.98 Å². The number of rotatable bonds is 5. The van der Waals surface area contributed by atoms with E-state index < -0.39 is 6.10 Å². The van der Waals surface area contributed by atoms with Crippen molar-refractivity contribution in [3.63, 3.8) is 0 Å². The van der Waals surface area contributed by atoms with Gasteiger partial charge in [0.25, 0.3) is 0 Å². The summed E-state index contributed by atoms with van der Waals surface area (Å²) < 4.78 is 0. The van der Waals surface area contributed by atoms with Crippen molar-refractivity contribution >= 4 is 0 Å². The van der Waals surface area contributed by atoms with E-state index in [1.54, 1.807) is 18.5 Å². The molecule has 0 aliphatic carbocycles. The summed E-state index contributed by atoms with van der Waals surface area (Å²) in [5.74, 6) is 0. The van der Waals surface area contributed by atoms with E-state index >= 15 is 0 Å². The molecule has 1 rings (SSSR count). The zero-order valence-corrected chi connectivity index (χ0v) is 7.48. The van der Waals surface area contributed by atoms with E-state index in [9.17, 15) is 5.11 Å². The molecular formula is C10H14N2O. The SMILES string of the molecule is C=CCNCC(O)c1cccnc1. The van der Waals surface area contributed by atoms with Crippen LogP contribution >= 0.6 is 0 Å². The fourth-order valence-electron chi connectivity index (χ4n) is 1.01. The molecule has 0 aliphatic heterocycles. The number of hydrogen-bond donors (Lipinski definition) is 2. The van der Waals surface area contributed by atoms with Crippen molar-refractivity contribution in [2.24, 2.45) is 0 Å². The van der Waals surface area contributed by atoms with Gasteiger partial charge < -0.3 is 10.4 Å². The molecule has 0 spiro atoms. The maximum absolute atomic E-state index is 9.61. The van der Waals surface area contributed by atoms with Gasteiger partial charge in [-0.1, -0.05) is 12.1 Å². The molecule has 0 aromatic carbocycles. The number of pyridine rings is 1. The number of aliphatic hydroxyl groups excluding tert-OH is 1. The number of nitrogens with one attached hydrogen (secondary N) is 1. The van der Waals surface area contributed by atoms with E-state index in [1.807, 2.05) is 12.1 Å². The van der Waals surface area contributed by atoms with E-state index in [4.69, 9.17) is 0 Å². The molecule has 0 amide bonds. The van der Waals surface area contributed by atoms with Gasteiger partial charge in [0.15, 0.2) is 0 Å². The Balaban J connectivity index is 2.39. The molecule has 0 bridgehead atoms. The molecule has 1 unspecified atom stereocenters. The number of nitrogens with zero attached hydrogens (tertiary/aromatic N) is 1. The van der Waals surface area contributed by atoms with Crippen molar-refractivity contribution in [3.05, 3.63) is 42.7 Å². The Labute approximate surface area is 78.1 Å². The highest BCUT2D eigenvalue weighted by molar-refractivity contribution is 5.11. The molecule has 1 aromatic rings. The fourth-order valence-corrected chi connectivity index (χ4v) is 1.01. The summed E-state index contributed by atoms with van der Waals surface area (Å²) >= 11 is 0. The predicted octanol–water partition coefficient (Wildman–Crippen LogP) is 0.891. The van der Waals surface area contributed by atoms with Gasteiger partial charge in [0.2, 0.25) is 0 Å². The molecule has 0 fully saturated rings. The molecule has 3 nitrogen and oxygen atoms in total. The molecule has 0 saturated carbocycles. The number of hydrogen-bond acceptors (Lipinski definition) is 3. The molecular weight excluding hydrogens is 164 g/mol. The third-order valence-corrected chi connectivity index (χ3v) is 1.70. The first-order valence-electron chi connectivity index (χ1n) is 4.24. The average molecular weight is 178 g/mol. The zero-order valence-electron chi connectivity index (χ0n) is 7.48. The van der Waals surface area contributed by atoms with Crippen LogP contribution in [0.4, 0.5) is 0 Å². The number of aliphatic hydroxyl groups is 1. The molecule has 70 valence electrons. The quantitative estimate of drug-likeness (QED) is 0.520. The normalized spacial score (nSPS) is 12.4. The van der Waals surface area contributed by atoms with Crippen LogP contribution in [0.2, 0.25) is 0 Å². The minimum Gasteiger partial charge on any atom is -0.387 e. The summed E-state index contributed by atoms with van der Waals surface area (Å²) in [6.07, 6.45) is 4.62. The van der Waals surface area contributed by atoms with Gasteiger partial charge in [-0.2, -0.15) is 0 Å². The third-order valence-electron chi connectivity index (χ3n) is 1.70. The Morgan fingerprint density at radius 3 is 3.15 bits per heavy atom. The summed E-state index contributed by atoms with van der Waals surface area (Å²) in [5.41, 5.74) is 0.832. The first-order chi connectivity index (χ1) is 6.34. The van der Waals surface area contributed by atoms with Crippen LogP contribution in [-0.2, 0) is 0 Å². The van der Waals surface area contributed by atoms with Crippen LogP contribution in [0.3, 0.4) is 0 Å². The molecule has 1 atom stereocenters. The van der Waals surface area contributed by atoms with Gasteiger partial charge in [-0.05, 0) is 6.07 Å². The fraction of sp³-hybridized carbons (Fsp3) is 0.300. The second-order valence-electron chi connectivity index (χ2n) is 2.75. The molecule has 0 aliphatic rings. The van der Waals surface area contributed by atoms with Gasteiger partial charge in [0.05, 0.1) is 6.10 Å². The third kappa shape index (κ3) is 3.36. The van der Waals surface area contributed by atoms with E-state index in [-0.39, 0.29) is 0 Å². The van der Waals surface area contributed by atoms with Crippen LogP contribution in [-0.4, -0.2) is 23.2 Å². The summed E-state index contributed by atoms with van der Waals surface area (Å²) in [7, 11) is 0. The minimum absolute atomic E-state index is 0.492. The summed E-state index contributed by atoms with van der Waals surface area (Å²) in [5, 5.41) is 12.6. The Kier molecular flexibility index (Phi) is 4.15. The standard InChI is InChI=1S/C10H14N2O/c1-2-5-11-8-10(13)9-4-3-6-12-7-9/h2-4,6-7,10-11,13H,1,5,8H2. The zero-order chi connectivity index (χ0) is 9.52. The lowest BCUT2D eigenvalue weighted by Gasteiger charge is -2.10. The van der Waals surface area contributed by atoms with Crippen molar-refractivity contribution in [1.29, 1.82) is 0 Å². The predicted molar refractivity (Wildman–Crippen MR) is 52.3 cm³/mol. The maximum Gasteiger partial charge on any atom is 0.0929 e. The smallest absolute Gasteiger partial charge is 0.0929 e. The second kappa shape index (κ2) is 5.45. The van der Waals surface area contributed by atoms with Gasteiger partial charge in [0.1, 0.15) is 0 Å². The van der Waals surface area contributed by atoms with Gasteiger partial charge in [-0.25, -0.2) is 0 Å². The van der Waals surface area contributed by atoms with Gasteiger partial charge in [-0.15, -0.1) is 6.58 Å². The molecule has 1 heterocycles. The first-order valence-corrected chi connectivity index (χ1v) is 4.24. The molecule has 2 N–H and O–H groups in total. The highest BCUT2D eigenvalue weighted by Gasteiger charge is 2.04. The van der Waals surface area contributed by atoms with Gasteiger partial charge in [0, 0.05) is 31.0 Å². The molecule has 3 heteroatoms. The lowest BCUT2D eigenvalue weighted by Crippen LogP contribution is -2.21. The van der Waals surface area contributed by atoms with Crippen LogP contribution in [0.15, 0.2) is 37.2 Å². The van der Waals surface area contributed by atoms with E-state index in [1.165, 1.54) is 0 Å². The van der Waals surface area contributed by atoms with Crippen LogP contribution in [0.1, 0.15) is 11.7 Å². The van der Waals surface area contributed by atoms with Crippen molar-refractivity contribution < 1.29 is 5.11 Å². The maximum atomic E-state index is 9.61. The summed E-state index contributed by atoms with van der Waals surface area (Å²) in [6.45, 7) is 4.80. The van der Waals surface area contributed by atoms with Crippen LogP contribution < -0.4 is 5.32 Å². The average Bonchev–Trinajstić information content (AvgIpc) is 2.19. The topological polar surface area (TPSA) is 45.1 Å². The largest absolute Gasteiger partial charge is 0.387 e. The Bertz CT molecular complexity index is 248. The number of aromatic nitrogens is 1. The van der Waals surface area contributed by atoms with Crippen molar-refractivity contribution in [2.75, 3.05) is 13.1 Å². The summed E-state index contributed by atoms with van der Waals surface area (Å²) in [4.78, 5) is 3.93. The van der Waals surface area contributed by atoms with E-state index in [2.05, 4.69) is 16.9 Å². The molecule has 1 aromatic heterocycles. The molecule has 0 radical (unpaired) electrons. The molecule has 0 saturated heterocycles.